The van der Waals surface area contributed by atoms with E-state index in [1.807, 2.05) is 6.07 Å². The second-order valence-corrected chi connectivity index (χ2v) is 12.4. The quantitative estimate of drug-likeness (QED) is 0.187. The van der Waals surface area contributed by atoms with Crippen LogP contribution in [0.2, 0.25) is 0 Å². The van der Waals surface area contributed by atoms with Gasteiger partial charge in [-0.15, -0.1) is 0 Å². The zero-order valence-corrected chi connectivity index (χ0v) is 25.7. The first kappa shape index (κ1) is 25.6. The van der Waals surface area contributed by atoms with Gasteiger partial charge in [-0.3, -0.25) is 8.97 Å². The highest BCUT2D eigenvalue weighted by Gasteiger charge is 2.26. The van der Waals surface area contributed by atoms with Crippen LogP contribution in [0.1, 0.15) is 0 Å². The van der Waals surface area contributed by atoms with Gasteiger partial charge in [0.25, 0.3) is 0 Å². The van der Waals surface area contributed by atoms with E-state index < -0.39 is 0 Å². The Balaban J connectivity index is 1.36. The van der Waals surface area contributed by atoms with Crippen molar-refractivity contribution in [3.05, 3.63) is 152 Å². The fraction of sp³-hybridized carbons (Fsp3) is 0. The second kappa shape index (κ2) is 9.47. The van der Waals surface area contributed by atoms with E-state index in [2.05, 4.69) is 155 Å². The van der Waals surface area contributed by atoms with Gasteiger partial charge >= 0.3 is 0 Å². The van der Waals surface area contributed by atoms with E-state index in [1.165, 1.54) is 21.5 Å². The van der Waals surface area contributed by atoms with Crippen molar-refractivity contribution in [3.63, 3.8) is 0 Å². The summed E-state index contributed by atoms with van der Waals surface area (Å²) in [5.41, 5.74) is 10.1. The molecule has 0 atom stereocenters. The Morgan fingerprint density at radius 1 is 0.417 bits per heavy atom. The van der Waals surface area contributed by atoms with E-state index in [4.69, 9.17) is 15.0 Å². The summed E-state index contributed by atoms with van der Waals surface area (Å²) in [5.74, 6) is 1.74. The van der Waals surface area contributed by atoms with Gasteiger partial charge < -0.3 is 0 Å². The molecule has 0 aliphatic heterocycles. The standard InChI is InChI=1S/C43H25N5/c1-3-13-27(14-4-1)39-43(44-32-23-22-26-12-7-8-17-29(26)40(32)46-39)47-35-21-11-19-31-30-18-9-10-20-34(30)48-41-33(24-25-36(47)38(41)37(31)35)45-42(48)28-15-5-2-6-16-28/h1-25H. The van der Waals surface area contributed by atoms with Crippen LogP contribution in [0, 0.1) is 0 Å². The third-order valence-electron chi connectivity index (χ3n) is 9.84. The maximum absolute atomic E-state index is 5.47. The molecule has 0 bridgehead atoms. The van der Waals surface area contributed by atoms with Crippen LogP contribution in [0.3, 0.4) is 0 Å². The van der Waals surface area contributed by atoms with E-state index in [-0.39, 0.29) is 0 Å². The van der Waals surface area contributed by atoms with Gasteiger partial charge in [0.15, 0.2) is 5.82 Å². The van der Waals surface area contributed by atoms with Gasteiger partial charge in [0.05, 0.1) is 38.6 Å². The number of rotatable bonds is 3. The van der Waals surface area contributed by atoms with E-state index in [9.17, 15) is 0 Å². The molecule has 0 aliphatic carbocycles. The predicted molar refractivity (Wildman–Crippen MR) is 197 cm³/mol. The molecule has 5 nitrogen and oxygen atoms in total. The lowest BCUT2D eigenvalue weighted by Gasteiger charge is -2.15. The summed E-state index contributed by atoms with van der Waals surface area (Å²) in [5, 5.41) is 6.99. The summed E-state index contributed by atoms with van der Waals surface area (Å²) in [6.07, 6.45) is 0. The molecule has 0 saturated carbocycles. The largest absolute Gasteiger partial charge is 0.292 e. The van der Waals surface area contributed by atoms with Crippen molar-refractivity contribution in [2.24, 2.45) is 0 Å². The average molecular weight is 612 g/mol. The lowest BCUT2D eigenvalue weighted by atomic mass is 10.1. The van der Waals surface area contributed by atoms with Crippen LogP contribution in [-0.4, -0.2) is 23.9 Å². The molecule has 0 N–H and O–H groups in total. The zero-order chi connectivity index (χ0) is 31.3. The molecule has 11 rings (SSSR count). The van der Waals surface area contributed by atoms with E-state index in [0.717, 1.165) is 77.9 Å². The molecule has 4 heterocycles. The molecule has 222 valence electrons. The molecule has 0 spiro atoms. The Labute approximate surface area is 274 Å². The van der Waals surface area contributed by atoms with Crippen LogP contribution in [-0.2, 0) is 0 Å². The van der Waals surface area contributed by atoms with Gasteiger partial charge in [-0.1, -0.05) is 121 Å². The number of benzene rings is 7. The number of para-hydroxylation sites is 1. The van der Waals surface area contributed by atoms with Crippen LogP contribution in [0.15, 0.2) is 152 Å². The summed E-state index contributed by atoms with van der Waals surface area (Å²) in [4.78, 5) is 16.2. The lowest BCUT2D eigenvalue weighted by Crippen LogP contribution is -2.04. The molecule has 5 heteroatoms. The SMILES string of the molecule is c1ccc(-c2nc3c(ccc4ccccc43)nc2-n2c3cccc4c5ccccc5n5c(-c6ccccc6)nc6ccc2c(c43)c65)cc1. The first-order valence-corrected chi connectivity index (χ1v) is 16.2. The van der Waals surface area contributed by atoms with E-state index in [0.29, 0.717) is 0 Å². The molecular formula is C43H25N5. The van der Waals surface area contributed by atoms with Crippen molar-refractivity contribution in [1.29, 1.82) is 0 Å². The van der Waals surface area contributed by atoms with Crippen molar-refractivity contribution in [2.45, 2.75) is 0 Å². The Morgan fingerprint density at radius 3 is 1.94 bits per heavy atom. The zero-order valence-electron chi connectivity index (χ0n) is 25.7. The van der Waals surface area contributed by atoms with Gasteiger partial charge in [-0.2, -0.15) is 0 Å². The van der Waals surface area contributed by atoms with Crippen molar-refractivity contribution in [1.82, 2.24) is 23.9 Å². The minimum atomic E-state index is 0.809. The monoisotopic (exact) mass is 611 g/mol. The summed E-state index contributed by atoms with van der Waals surface area (Å²) in [6.45, 7) is 0. The van der Waals surface area contributed by atoms with Crippen molar-refractivity contribution in [3.8, 4) is 28.5 Å². The first-order valence-electron chi connectivity index (χ1n) is 16.2. The maximum Gasteiger partial charge on any atom is 0.165 e. The van der Waals surface area contributed by atoms with E-state index >= 15 is 0 Å². The maximum atomic E-state index is 5.47. The Morgan fingerprint density at radius 2 is 1.08 bits per heavy atom. The van der Waals surface area contributed by atoms with Crippen LogP contribution in [0.5, 0.6) is 0 Å². The minimum Gasteiger partial charge on any atom is -0.292 e. The van der Waals surface area contributed by atoms with Crippen LogP contribution < -0.4 is 0 Å². The van der Waals surface area contributed by atoms with Gasteiger partial charge in [0, 0.05) is 32.7 Å². The Hall–Kier alpha value is -6.59. The van der Waals surface area contributed by atoms with Crippen molar-refractivity contribution < 1.29 is 0 Å². The first-order chi connectivity index (χ1) is 23.8. The van der Waals surface area contributed by atoms with Gasteiger partial charge in [0.1, 0.15) is 11.5 Å². The molecule has 48 heavy (non-hydrogen) atoms. The lowest BCUT2D eigenvalue weighted by molar-refractivity contribution is 1.08. The number of nitrogens with zero attached hydrogens (tertiary/aromatic N) is 5. The van der Waals surface area contributed by atoms with Crippen LogP contribution in [0.4, 0.5) is 0 Å². The third-order valence-corrected chi connectivity index (χ3v) is 9.84. The molecule has 0 radical (unpaired) electrons. The summed E-state index contributed by atoms with van der Waals surface area (Å²) < 4.78 is 4.69. The number of hydrogen-bond donors (Lipinski definition) is 0. The fourth-order valence-corrected chi connectivity index (χ4v) is 7.80. The normalized spacial score (nSPS) is 12.2. The second-order valence-electron chi connectivity index (χ2n) is 12.4. The minimum absolute atomic E-state index is 0.809. The Bertz CT molecular complexity index is 3050. The van der Waals surface area contributed by atoms with Crippen LogP contribution >= 0.6 is 0 Å². The predicted octanol–water partition coefficient (Wildman–Crippen LogP) is 10.6. The molecule has 7 aromatic carbocycles. The summed E-state index contributed by atoms with van der Waals surface area (Å²) in [6, 6.07) is 53.3. The molecule has 0 fully saturated rings. The van der Waals surface area contributed by atoms with Gasteiger partial charge in [-0.05, 0) is 41.1 Å². The fourth-order valence-electron chi connectivity index (χ4n) is 7.80. The molecule has 0 saturated heterocycles. The third kappa shape index (κ3) is 3.37. The number of hydrogen-bond acceptors (Lipinski definition) is 3. The molecule has 0 amide bonds. The molecule has 11 aromatic rings. The number of aromatic nitrogens is 5. The highest BCUT2D eigenvalue weighted by Crippen LogP contribution is 2.44. The molecule has 0 unspecified atom stereocenters. The topological polar surface area (TPSA) is 48.0 Å². The van der Waals surface area contributed by atoms with Gasteiger partial charge in [0.2, 0.25) is 0 Å². The summed E-state index contributed by atoms with van der Waals surface area (Å²) >= 11 is 0. The van der Waals surface area contributed by atoms with Crippen molar-refractivity contribution in [2.75, 3.05) is 0 Å². The van der Waals surface area contributed by atoms with Crippen LogP contribution in [0.25, 0.3) is 99.4 Å². The Kier molecular flexibility index (Phi) is 5.05. The van der Waals surface area contributed by atoms with Gasteiger partial charge in [-0.25, -0.2) is 15.0 Å². The molecule has 4 aromatic heterocycles. The summed E-state index contributed by atoms with van der Waals surface area (Å²) in [7, 11) is 0. The number of imidazole rings is 1. The average Bonchev–Trinajstić information content (AvgIpc) is 3.67. The highest BCUT2D eigenvalue weighted by molar-refractivity contribution is 6.30. The highest BCUT2D eigenvalue weighted by atomic mass is 15.1. The molecular weight excluding hydrogens is 587 g/mol. The molecule has 0 aliphatic rings. The van der Waals surface area contributed by atoms with E-state index in [1.54, 1.807) is 0 Å². The number of fused-ring (bicyclic) bond motifs is 6. The van der Waals surface area contributed by atoms with Crippen molar-refractivity contribution >= 4 is 70.9 Å². The smallest absolute Gasteiger partial charge is 0.165 e.